The lowest BCUT2D eigenvalue weighted by Gasteiger charge is -2.19. The van der Waals surface area contributed by atoms with E-state index in [9.17, 15) is 4.21 Å². The fourth-order valence-electron chi connectivity index (χ4n) is 3.48. The molecule has 1 saturated carbocycles. The number of benzene rings is 2. The van der Waals surface area contributed by atoms with E-state index in [1.807, 2.05) is 18.2 Å². The highest BCUT2D eigenvalue weighted by Crippen LogP contribution is 2.56. The highest BCUT2D eigenvalue weighted by atomic mass is 32.2. The van der Waals surface area contributed by atoms with Crippen LogP contribution in [0.1, 0.15) is 31.4 Å². The second-order valence-electron chi connectivity index (χ2n) is 6.86. The summed E-state index contributed by atoms with van der Waals surface area (Å²) in [4.78, 5) is 0.977. The zero-order valence-electron chi connectivity index (χ0n) is 13.6. The third-order valence-corrected chi connectivity index (χ3v) is 6.89. The first-order chi connectivity index (χ1) is 10.5. The molecule has 1 aliphatic rings. The van der Waals surface area contributed by atoms with E-state index in [0.717, 1.165) is 17.7 Å². The Bertz CT molecular complexity index is 660. The Balaban J connectivity index is 1.90. The highest BCUT2D eigenvalue weighted by molar-refractivity contribution is 7.86. The Hall–Kier alpha value is -1.41. The molecule has 0 radical (unpaired) electrons. The molecule has 3 rings (SSSR count). The van der Waals surface area contributed by atoms with Crippen molar-refractivity contribution >= 4 is 10.8 Å². The van der Waals surface area contributed by atoms with Gasteiger partial charge in [0.2, 0.25) is 0 Å². The van der Waals surface area contributed by atoms with E-state index in [4.69, 9.17) is 0 Å². The van der Waals surface area contributed by atoms with Gasteiger partial charge in [0.15, 0.2) is 0 Å². The lowest BCUT2D eigenvalue weighted by molar-refractivity contribution is 0.523. The van der Waals surface area contributed by atoms with Crippen molar-refractivity contribution < 1.29 is 4.21 Å². The van der Waals surface area contributed by atoms with Gasteiger partial charge in [-0.15, -0.1) is 0 Å². The van der Waals surface area contributed by atoms with E-state index in [-0.39, 0.29) is 4.75 Å². The Morgan fingerprint density at radius 1 is 1.09 bits per heavy atom. The standard InChI is InChI=1S/C20H24OS/c1-15(2)19-14-20(19,13-17-7-5-4-6-8-17)22(21)18-11-9-16(3)10-12-18/h4-12,15,19H,13-14H2,1-3H3/t19-,20+,22-/m0/s1. The Kier molecular flexibility index (Phi) is 4.22. The van der Waals surface area contributed by atoms with Crippen LogP contribution in [0.15, 0.2) is 59.5 Å². The third-order valence-electron chi connectivity index (χ3n) is 4.84. The molecule has 3 atom stereocenters. The molecule has 1 aliphatic carbocycles. The van der Waals surface area contributed by atoms with E-state index >= 15 is 0 Å². The topological polar surface area (TPSA) is 17.1 Å². The van der Waals surface area contributed by atoms with E-state index in [1.54, 1.807) is 0 Å². The molecule has 2 aromatic rings. The molecule has 0 amide bonds. The predicted molar refractivity (Wildman–Crippen MR) is 93.4 cm³/mol. The number of aryl methyl sites for hydroxylation is 1. The van der Waals surface area contributed by atoms with Gasteiger partial charge in [0.1, 0.15) is 0 Å². The molecule has 0 N–H and O–H groups in total. The maximum atomic E-state index is 13.3. The van der Waals surface area contributed by atoms with Gasteiger partial charge in [-0.25, -0.2) is 0 Å². The monoisotopic (exact) mass is 312 g/mol. The van der Waals surface area contributed by atoms with Crippen LogP contribution in [0.5, 0.6) is 0 Å². The van der Waals surface area contributed by atoms with Crippen LogP contribution in [0.3, 0.4) is 0 Å². The van der Waals surface area contributed by atoms with Crippen LogP contribution in [-0.4, -0.2) is 8.96 Å². The first-order valence-corrected chi connectivity index (χ1v) is 9.20. The molecular formula is C20H24OS. The molecule has 116 valence electrons. The number of hydrogen-bond donors (Lipinski definition) is 0. The summed E-state index contributed by atoms with van der Waals surface area (Å²) in [7, 11) is -0.942. The normalized spacial score (nSPS) is 25.2. The van der Waals surface area contributed by atoms with Gasteiger partial charge in [0.25, 0.3) is 0 Å². The molecule has 1 fully saturated rings. The minimum absolute atomic E-state index is 0.0786. The molecule has 0 aromatic heterocycles. The molecule has 1 nitrogen and oxygen atoms in total. The first-order valence-electron chi connectivity index (χ1n) is 8.05. The summed E-state index contributed by atoms with van der Waals surface area (Å²) in [6.07, 6.45) is 1.98. The average Bonchev–Trinajstić information content (AvgIpc) is 3.24. The molecule has 0 bridgehead atoms. The zero-order chi connectivity index (χ0) is 15.7. The van der Waals surface area contributed by atoms with Gasteiger partial charge in [-0.3, -0.25) is 4.21 Å². The maximum Gasteiger partial charge on any atom is 0.0598 e. The van der Waals surface area contributed by atoms with E-state index in [2.05, 4.69) is 57.2 Å². The van der Waals surface area contributed by atoms with Crippen molar-refractivity contribution in [2.24, 2.45) is 11.8 Å². The summed E-state index contributed by atoms with van der Waals surface area (Å²) in [5.41, 5.74) is 2.51. The minimum Gasteiger partial charge on any atom is -0.254 e. The van der Waals surface area contributed by atoms with Gasteiger partial charge in [0, 0.05) is 4.90 Å². The summed E-state index contributed by atoms with van der Waals surface area (Å²) in [5.74, 6) is 1.13. The van der Waals surface area contributed by atoms with Crippen LogP contribution < -0.4 is 0 Å². The fourth-order valence-corrected chi connectivity index (χ4v) is 5.50. The molecule has 0 saturated heterocycles. The van der Waals surface area contributed by atoms with Crippen molar-refractivity contribution in [3.05, 3.63) is 65.7 Å². The van der Waals surface area contributed by atoms with Crippen LogP contribution in [0, 0.1) is 18.8 Å². The summed E-state index contributed by atoms with van der Waals surface area (Å²) in [6.45, 7) is 6.58. The van der Waals surface area contributed by atoms with Crippen molar-refractivity contribution in [3.8, 4) is 0 Å². The van der Waals surface area contributed by atoms with Gasteiger partial charge >= 0.3 is 0 Å². The Labute approximate surface area is 136 Å². The lowest BCUT2D eigenvalue weighted by atomic mass is 10.0. The molecule has 0 unspecified atom stereocenters. The SMILES string of the molecule is Cc1ccc([S@](=O)[C@]2(Cc3ccccc3)C[C@H]2C(C)C)cc1. The quantitative estimate of drug-likeness (QED) is 0.778. The van der Waals surface area contributed by atoms with Gasteiger partial charge < -0.3 is 0 Å². The fraction of sp³-hybridized carbons (Fsp3) is 0.400. The molecule has 2 heteroatoms. The van der Waals surface area contributed by atoms with Crippen molar-refractivity contribution in [3.63, 3.8) is 0 Å². The van der Waals surface area contributed by atoms with Crippen LogP contribution in [0.25, 0.3) is 0 Å². The molecule has 0 aliphatic heterocycles. The summed E-state index contributed by atoms with van der Waals surface area (Å²) >= 11 is 0. The molecular weight excluding hydrogens is 288 g/mol. The number of rotatable bonds is 5. The van der Waals surface area contributed by atoms with Gasteiger partial charge in [-0.1, -0.05) is 61.9 Å². The van der Waals surface area contributed by atoms with Crippen LogP contribution in [-0.2, 0) is 17.2 Å². The van der Waals surface area contributed by atoms with Crippen LogP contribution in [0.2, 0.25) is 0 Å². The van der Waals surface area contributed by atoms with Gasteiger partial charge in [-0.05, 0) is 49.3 Å². The van der Waals surface area contributed by atoms with Crippen molar-refractivity contribution in [2.45, 2.75) is 43.3 Å². The van der Waals surface area contributed by atoms with Gasteiger partial charge in [0.05, 0.1) is 15.5 Å². The highest BCUT2D eigenvalue weighted by Gasteiger charge is 2.59. The average molecular weight is 312 g/mol. The Morgan fingerprint density at radius 2 is 1.73 bits per heavy atom. The van der Waals surface area contributed by atoms with E-state index in [0.29, 0.717) is 11.8 Å². The van der Waals surface area contributed by atoms with Crippen LogP contribution >= 0.6 is 0 Å². The van der Waals surface area contributed by atoms with E-state index < -0.39 is 10.8 Å². The van der Waals surface area contributed by atoms with Crippen LogP contribution in [0.4, 0.5) is 0 Å². The van der Waals surface area contributed by atoms with Crippen molar-refractivity contribution in [1.29, 1.82) is 0 Å². The Morgan fingerprint density at radius 3 is 2.27 bits per heavy atom. The number of hydrogen-bond acceptors (Lipinski definition) is 1. The van der Waals surface area contributed by atoms with Crippen molar-refractivity contribution in [1.82, 2.24) is 0 Å². The second-order valence-corrected chi connectivity index (χ2v) is 8.69. The maximum absolute atomic E-state index is 13.3. The summed E-state index contributed by atoms with van der Waals surface area (Å²) in [5, 5.41) is 0. The van der Waals surface area contributed by atoms with Gasteiger partial charge in [-0.2, -0.15) is 0 Å². The minimum atomic E-state index is -0.942. The van der Waals surface area contributed by atoms with E-state index in [1.165, 1.54) is 11.1 Å². The predicted octanol–water partition coefficient (Wildman–Crippen LogP) is 4.76. The molecule has 22 heavy (non-hydrogen) atoms. The molecule has 0 spiro atoms. The summed E-state index contributed by atoms with van der Waals surface area (Å²) in [6, 6.07) is 18.7. The summed E-state index contributed by atoms with van der Waals surface area (Å²) < 4.78 is 13.2. The largest absolute Gasteiger partial charge is 0.254 e. The van der Waals surface area contributed by atoms with Crippen molar-refractivity contribution in [2.75, 3.05) is 0 Å². The lowest BCUT2D eigenvalue weighted by Crippen LogP contribution is -2.25. The molecule has 2 aromatic carbocycles. The smallest absolute Gasteiger partial charge is 0.0598 e. The third kappa shape index (κ3) is 2.89. The first kappa shape index (κ1) is 15.5. The molecule has 0 heterocycles. The zero-order valence-corrected chi connectivity index (χ0v) is 14.4. The second kappa shape index (κ2) is 6.00.